The fraction of sp³-hybridized carbons (Fsp3) is 0.444. The van der Waals surface area contributed by atoms with Crippen molar-refractivity contribution < 1.29 is 4.79 Å². The van der Waals surface area contributed by atoms with Crippen LogP contribution in [0.1, 0.15) is 56.5 Å². The number of anilines is 1. The number of benzene rings is 1. The van der Waals surface area contributed by atoms with Crippen LogP contribution >= 0.6 is 0 Å². The number of aromatic nitrogens is 2. The number of carbonyl (C=O) groups excluding carboxylic acids is 1. The second kappa shape index (κ2) is 6.86. The summed E-state index contributed by atoms with van der Waals surface area (Å²) in [6.07, 6.45) is 4.62. The highest BCUT2D eigenvalue weighted by Crippen LogP contribution is 2.25. The molecule has 1 aromatic carbocycles. The van der Waals surface area contributed by atoms with Gasteiger partial charge in [-0.15, -0.1) is 0 Å². The molecule has 0 spiro atoms. The number of hydrogen-bond acceptors (Lipinski definition) is 3. The zero-order valence-electron chi connectivity index (χ0n) is 13.7. The third-order valence-corrected chi connectivity index (χ3v) is 4.19. The van der Waals surface area contributed by atoms with Gasteiger partial charge in [0.2, 0.25) is 5.91 Å². The van der Waals surface area contributed by atoms with E-state index in [0.717, 1.165) is 29.8 Å². The zero-order valence-corrected chi connectivity index (χ0v) is 13.7. The molecular weight excluding hydrogens is 288 g/mol. The topological polar surface area (TPSA) is 59.0 Å². The van der Waals surface area contributed by atoms with Crippen molar-refractivity contribution in [3.8, 4) is 0 Å². The van der Waals surface area contributed by atoms with Crippen LogP contribution in [-0.2, 0) is 11.3 Å². The first-order chi connectivity index (χ1) is 11.1. The van der Waals surface area contributed by atoms with Crippen molar-refractivity contribution in [3.05, 3.63) is 47.8 Å². The number of carbonyl (C=O) groups is 1. The van der Waals surface area contributed by atoms with Crippen molar-refractivity contribution in [1.82, 2.24) is 15.1 Å². The van der Waals surface area contributed by atoms with E-state index >= 15 is 0 Å². The summed E-state index contributed by atoms with van der Waals surface area (Å²) in [7, 11) is 0. The number of nitrogens with one attached hydrogen (secondary N) is 2. The Kier molecular flexibility index (Phi) is 4.65. The van der Waals surface area contributed by atoms with Gasteiger partial charge < -0.3 is 10.6 Å². The fourth-order valence-corrected chi connectivity index (χ4v) is 2.87. The number of nitrogens with zero attached hydrogens (tertiary/aromatic N) is 2. The minimum atomic E-state index is 0.137. The SMILES string of the molecule is CC(C)n1ccc(CNc2cccc(C3CCCC(=O)N3)c2)n1. The molecule has 0 aliphatic carbocycles. The molecule has 1 aliphatic heterocycles. The number of rotatable bonds is 5. The van der Waals surface area contributed by atoms with Crippen molar-refractivity contribution >= 4 is 11.6 Å². The third-order valence-electron chi connectivity index (χ3n) is 4.19. The maximum Gasteiger partial charge on any atom is 0.220 e. The molecular formula is C18H24N4O. The summed E-state index contributed by atoms with van der Waals surface area (Å²) in [5, 5.41) is 11.0. The molecule has 2 N–H and O–H groups in total. The van der Waals surface area contributed by atoms with Crippen LogP contribution in [0.3, 0.4) is 0 Å². The predicted molar refractivity (Wildman–Crippen MR) is 91.1 cm³/mol. The summed E-state index contributed by atoms with van der Waals surface area (Å²) in [5.74, 6) is 0.152. The Morgan fingerprint density at radius 3 is 3.00 bits per heavy atom. The minimum Gasteiger partial charge on any atom is -0.379 e. The van der Waals surface area contributed by atoms with Crippen LogP contribution < -0.4 is 10.6 Å². The van der Waals surface area contributed by atoms with Gasteiger partial charge in [0, 0.05) is 24.3 Å². The monoisotopic (exact) mass is 312 g/mol. The van der Waals surface area contributed by atoms with E-state index in [9.17, 15) is 4.79 Å². The maximum atomic E-state index is 11.6. The first-order valence-electron chi connectivity index (χ1n) is 8.29. The van der Waals surface area contributed by atoms with Crippen molar-refractivity contribution in [3.63, 3.8) is 0 Å². The van der Waals surface area contributed by atoms with Gasteiger partial charge in [-0.05, 0) is 50.5 Å². The summed E-state index contributed by atoms with van der Waals surface area (Å²) in [4.78, 5) is 11.6. The molecule has 2 aromatic rings. The van der Waals surface area contributed by atoms with Gasteiger partial charge in [0.05, 0.1) is 18.3 Å². The molecule has 23 heavy (non-hydrogen) atoms. The van der Waals surface area contributed by atoms with Gasteiger partial charge in [-0.3, -0.25) is 9.48 Å². The molecule has 1 amide bonds. The Morgan fingerprint density at radius 1 is 1.39 bits per heavy atom. The summed E-state index contributed by atoms with van der Waals surface area (Å²) in [6, 6.07) is 10.8. The van der Waals surface area contributed by atoms with Gasteiger partial charge in [-0.1, -0.05) is 12.1 Å². The molecule has 0 saturated carbocycles. The van der Waals surface area contributed by atoms with Crippen molar-refractivity contribution in [1.29, 1.82) is 0 Å². The lowest BCUT2D eigenvalue weighted by Gasteiger charge is -2.24. The Balaban J connectivity index is 1.64. The van der Waals surface area contributed by atoms with Crippen LogP contribution in [0.15, 0.2) is 36.5 Å². The van der Waals surface area contributed by atoms with Gasteiger partial charge in [0.1, 0.15) is 0 Å². The Hall–Kier alpha value is -2.30. The average Bonchev–Trinajstić information content (AvgIpc) is 3.02. The van der Waals surface area contributed by atoms with E-state index in [1.165, 1.54) is 0 Å². The maximum absolute atomic E-state index is 11.6. The molecule has 1 atom stereocenters. The first kappa shape index (κ1) is 15.6. The van der Waals surface area contributed by atoms with Gasteiger partial charge in [0.25, 0.3) is 0 Å². The molecule has 1 aromatic heterocycles. The summed E-state index contributed by atoms with van der Waals surface area (Å²) >= 11 is 0. The average molecular weight is 312 g/mol. The normalized spacial score (nSPS) is 18.0. The summed E-state index contributed by atoms with van der Waals surface area (Å²) < 4.78 is 1.96. The van der Waals surface area contributed by atoms with Crippen LogP contribution in [0.5, 0.6) is 0 Å². The molecule has 5 nitrogen and oxygen atoms in total. The lowest BCUT2D eigenvalue weighted by molar-refractivity contribution is -0.123. The van der Waals surface area contributed by atoms with E-state index in [1.54, 1.807) is 0 Å². The second-order valence-electron chi connectivity index (χ2n) is 6.37. The minimum absolute atomic E-state index is 0.137. The summed E-state index contributed by atoms with van der Waals surface area (Å²) in [5.41, 5.74) is 3.24. The quantitative estimate of drug-likeness (QED) is 0.889. The molecule has 0 radical (unpaired) electrons. The van der Waals surface area contributed by atoms with Gasteiger partial charge in [-0.25, -0.2) is 0 Å². The third kappa shape index (κ3) is 3.92. The largest absolute Gasteiger partial charge is 0.379 e. The highest BCUT2D eigenvalue weighted by atomic mass is 16.1. The molecule has 2 heterocycles. The van der Waals surface area contributed by atoms with Gasteiger partial charge in [-0.2, -0.15) is 5.10 Å². The van der Waals surface area contributed by atoms with E-state index in [0.29, 0.717) is 19.0 Å². The van der Waals surface area contributed by atoms with Crippen molar-refractivity contribution in [2.24, 2.45) is 0 Å². The Bertz CT molecular complexity index is 677. The van der Waals surface area contributed by atoms with Crippen LogP contribution in [-0.4, -0.2) is 15.7 Å². The highest BCUT2D eigenvalue weighted by Gasteiger charge is 2.19. The van der Waals surface area contributed by atoms with E-state index in [-0.39, 0.29) is 11.9 Å². The lowest BCUT2D eigenvalue weighted by atomic mass is 9.97. The zero-order chi connectivity index (χ0) is 16.2. The van der Waals surface area contributed by atoms with Gasteiger partial charge in [0.15, 0.2) is 0 Å². The molecule has 3 rings (SSSR count). The number of piperidine rings is 1. The van der Waals surface area contributed by atoms with Gasteiger partial charge >= 0.3 is 0 Å². The van der Waals surface area contributed by atoms with Crippen LogP contribution in [0.25, 0.3) is 0 Å². The van der Waals surface area contributed by atoms with Crippen LogP contribution in [0, 0.1) is 0 Å². The molecule has 1 aliphatic rings. The highest BCUT2D eigenvalue weighted by molar-refractivity contribution is 5.77. The lowest BCUT2D eigenvalue weighted by Crippen LogP contribution is -2.32. The van der Waals surface area contributed by atoms with E-state index < -0.39 is 0 Å². The smallest absolute Gasteiger partial charge is 0.220 e. The molecule has 1 unspecified atom stereocenters. The predicted octanol–water partition coefficient (Wildman–Crippen LogP) is 3.42. The van der Waals surface area contributed by atoms with Crippen LogP contribution in [0.2, 0.25) is 0 Å². The molecule has 5 heteroatoms. The Labute approximate surface area is 137 Å². The summed E-state index contributed by atoms with van der Waals surface area (Å²) in [6.45, 7) is 4.93. The molecule has 0 bridgehead atoms. The Morgan fingerprint density at radius 2 is 2.26 bits per heavy atom. The first-order valence-corrected chi connectivity index (χ1v) is 8.29. The molecule has 1 fully saturated rings. The van der Waals surface area contributed by atoms with E-state index in [1.807, 2.05) is 29.1 Å². The van der Waals surface area contributed by atoms with Crippen molar-refractivity contribution in [2.75, 3.05) is 5.32 Å². The number of amides is 1. The molecule has 1 saturated heterocycles. The number of hydrogen-bond donors (Lipinski definition) is 2. The van der Waals surface area contributed by atoms with Crippen molar-refractivity contribution in [2.45, 2.75) is 51.7 Å². The fourth-order valence-electron chi connectivity index (χ4n) is 2.87. The van der Waals surface area contributed by atoms with Crippen LogP contribution in [0.4, 0.5) is 5.69 Å². The van der Waals surface area contributed by atoms with E-state index in [2.05, 4.69) is 41.7 Å². The van der Waals surface area contributed by atoms with E-state index in [4.69, 9.17) is 0 Å². The second-order valence-corrected chi connectivity index (χ2v) is 6.37. The standard InChI is InChI=1S/C18H24N4O/c1-13(2)22-10-9-16(21-22)12-19-15-6-3-5-14(11-15)17-7-4-8-18(23)20-17/h3,5-6,9-11,13,17,19H,4,7-8,12H2,1-2H3,(H,20,23). The molecule has 122 valence electrons.